The van der Waals surface area contributed by atoms with Crippen molar-refractivity contribution in [3.8, 4) is 17.3 Å². The third-order valence-corrected chi connectivity index (χ3v) is 6.59. The van der Waals surface area contributed by atoms with E-state index in [4.69, 9.17) is 16.9 Å². The quantitative estimate of drug-likeness (QED) is 0.656. The number of halogens is 1. The standard InChI is InChI=1S/C22H17ClN4O2S/c23-20-8-5-17(12-19(20)21-9-2-15(13-24)14-25-21)26-22(28)16-3-6-18(7-4-16)27-10-1-11-30(27)29/h2-9,12,14H,1,10-11H2,(H,26,28). The van der Waals surface area contributed by atoms with E-state index in [9.17, 15) is 9.00 Å². The van der Waals surface area contributed by atoms with Gasteiger partial charge in [0.2, 0.25) is 0 Å². The predicted molar refractivity (Wildman–Crippen MR) is 119 cm³/mol. The van der Waals surface area contributed by atoms with Gasteiger partial charge in [0.15, 0.2) is 0 Å². The topological polar surface area (TPSA) is 86.1 Å². The lowest BCUT2D eigenvalue weighted by Crippen LogP contribution is -2.19. The van der Waals surface area contributed by atoms with Crippen LogP contribution in [0.5, 0.6) is 0 Å². The lowest BCUT2D eigenvalue weighted by molar-refractivity contribution is 0.102. The molecule has 150 valence electrons. The van der Waals surface area contributed by atoms with E-state index in [0.29, 0.717) is 38.8 Å². The summed E-state index contributed by atoms with van der Waals surface area (Å²) in [5.74, 6) is 0.417. The van der Waals surface area contributed by atoms with Gasteiger partial charge in [-0.15, -0.1) is 0 Å². The fraction of sp³-hybridized carbons (Fsp3) is 0.136. The molecule has 0 spiro atoms. The molecule has 0 radical (unpaired) electrons. The van der Waals surface area contributed by atoms with Crippen molar-refractivity contribution in [2.24, 2.45) is 0 Å². The highest BCUT2D eigenvalue weighted by Gasteiger charge is 2.20. The molecule has 1 atom stereocenters. The third kappa shape index (κ3) is 4.20. The number of nitrogens with zero attached hydrogens (tertiary/aromatic N) is 3. The van der Waals surface area contributed by atoms with E-state index in [0.717, 1.165) is 18.7 Å². The van der Waals surface area contributed by atoms with Crippen LogP contribution in [-0.2, 0) is 11.0 Å². The zero-order chi connectivity index (χ0) is 21.1. The summed E-state index contributed by atoms with van der Waals surface area (Å²) in [7, 11) is -0.989. The monoisotopic (exact) mass is 436 g/mol. The summed E-state index contributed by atoms with van der Waals surface area (Å²) >= 11 is 6.30. The maximum Gasteiger partial charge on any atom is 0.255 e. The van der Waals surface area contributed by atoms with Crippen LogP contribution in [0.2, 0.25) is 5.02 Å². The number of hydrogen-bond donors (Lipinski definition) is 1. The number of carbonyl (C=O) groups excluding carboxylic acids is 1. The third-order valence-electron chi connectivity index (χ3n) is 4.74. The fourth-order valence-corrected chi connectivity index (χ4v) is 4.69. The van der Waals surface area contributed by atoms with Crippen molar-refractivity contribution in [3.63, 3.8) is 0 Å². The molecule has 2 heterocycles. The van der Waals surface area contributed by atoms with Crippen LogP contribution in [-0.4, -0.2) is 27.4 Å². The van der Waals surface area contributed by atoms with Gasteiger partial charge in [-0.2, -0.15) is 5.26 Å². The van der Waals surface area contributed by atoms with Gasteiger partial charge in [-0.05, 0) is 61.0 Å². The van der Waals surface area contributed by atoms with Crippen molar-refractivity contribution in [3.05, 3.63) is 76.9 Å². The Kier molecular flexibility index (Phi) is 5.79. The predicted octanol–water partition coefficient (Wildman–Crippen LogP) is 4.40. The van der Waals surface area contributed by atoms with Gasteiger partial charge in [-0.1, -0.05) is 11.6 Å². The van der Waals surface area contributed by atoms with Gasteiger partial charge in [-0.3, -0.25) is 14.1 Å². The molecule has 1 aliphatic heterocycles. The largest absolute Gasteiger partial charge is 0.322 e. The zero-order valence-electron chi connectivity index (χ0n) is 15.8. The van der Waals surface area contributed by atoms with Crippen LogP contribution >= 0.6 is 11.6 Å². The van der Waals surface area contributed by atoms with Gasteiger partial charge < -0.3 is 5.32 Å². The van der Waals surface area contributed by atoms with Crippen molar-refractivity contribution in [2.75, 3.05) is 21.9 Å². The van der Waals surface area contributed by atoms with Crippen LogP contribution in [0.3, 0.4) is 0 Å². The number of anilines is 2. The molecule has 1 aromatic heterocycles. The fourth-order valence-electron chi connectivity index (χ4n) is 3.19. The van der Waals surface area contributed by atoms with Crippen LogP contribution in [0, 0.1) is 11.3 Å². The molecule has 0 saturated carbocycles. The Labute approximate surface area is 181 Å². The molecule has 1 aliphatic rings. The van der Waals surface area contributed by atoms with Crippen molar-refractivity contribution < 1.29 is 9.00 Å². The number of pyridine rings is 1. The van der Waals surface area contributed by atoms with Crippen LogP contribution in [0.1, 0.15) is 22.3 Å². The molecule has 30 heavy (non-hydrogen) atoms. The Balaban J connectivity index is 1.52. The highest BCUT2D eigenvalue weighted by Crippen LogP contribution is 2.30. The van der Waals surface area contributed by atoms with Gasteiger partial charge in [0.05, 0.1) is 16.3 Å². The number of amides is 1. The van der Waals surface area contributed by atoms with Crippen LogP contribution < -0.4 is 9.62 Å². The van der Waals surface area contributed by atoms with Crippen molar-refractivity contribution in [1.82, 2.24) is 4.98 Å². The molecule has 2 aromatic carbocycles. The number of aromatic nitrogens is 1. The first-order valence-electron chi connectivity index (χ1n) is 9.29. The number of nitrogens with one attached hydrogen (secondary N) is 1. The smallest absolute Gasteiger partial charge is 0.255 e. The Bertz CT molecular complexity index is 1160. The molecule has 1 amide bonds. The minimum absolute atomic E-state index is 0.259. The Morgan fingerprint density at radius 2 is 1.97 bits per heavy atom. The molecular weight excluding hydrogens is 420 g/mol. The van der Waals surface area contributed by atoms with Gasteiger partial charge in [-0.25, -0.2) is 4.21 Å². The molecule has 1 N–H and O–H groups in total. The van der Waals surface area contributed by atoms with Crippen LogP contribution in [0.25, 0.3) is 11.3 Å². The van der Waals surface area contributed by atoms with E-state index in [1.54, 1.807) is 42.5 Å². The number of nitriles is 1. The number of benzene rings is 2. The summed E-state index contributed by atoms with van der Waals surface area (Å²) in [5.41, 5.74) is 3.65. The first kappa shape index (κ1) is 20.1. The summed E-state index contributed by atoms with van der Waals surface area (Å²) < 4.78 is 13.8. The number of carbonyl (C=O) groups is 1. The zero-order valence-corrected chi connectivity index (χ0v) is 17.4. The lowest BCUT2D eigenvalue weighted by Gasteiger charge is -2.16. The number of hydrogen-bond acceptors (Lipinski definition) is 4. The van der Waals surface area contributed by atoms with Crippen molar-refractivity contribution >= 4 is 39.9 Å². The van der Waals surface area contributed by atoms with E-state index in [1.807, 2.05) is 22.5 Å². The van der Waals surface area contributed by atoms with E-state index >= 15 is 0 Å². The maximum absolute atomic E-state index is 12.7. The maximum atomic E-state index is 12.7. The molecule has 8 heteroatoms. The molecular formula is C22H17ClN4O2S. The number of rotatable bonds is 4. The van der Waals surface area contributed by atoms with Crippen molar-refractivity contribution in [1.29, 1.82) is 5.26 Å². The second-order valence-corrected chi connectivity index (χ2v) is 8.62. The van der Waals surface area contributed by atoms with Gasteiger partial charge in [0, 0.05) is 41.0 Å². The second-order valence-electron chi connectivity index (χ2n) is 6.72. The highest BCUT2D eigenvalue weighted by atomic mass is 35.5. The Morgan fingerprint density at radius 3 is 2.60 bits per heavy atom. The molecule has 4 rings (SSSR count). The average Bonchev–Trinajstić information content (AvgIpc) is 3.21. The van der Waals surface area contributed by atoms with E-state index in [-0.39, 0.29) is 5.91 Å². The molecule has 0 aliphatic carbocycles. The molecule has 3 aromatic rings. The highest BCUT2D eigenvalue weighted by molar-refractivity contribution is 7.86. The molecule has 1 fully saturated rings. The van der Waals surface area contributed by atoms with E-state index in [2.05, 4.69) is 10.3 Å². The van der Waals surface area contributed by atoms with Crippen LogP contribution in [0.15, 0.2) is 60.8 Å². The van der Waals surface area contributed by atoms with E-state index in [1.165, 1.54) is 6.20 Å². The first-order valence-corrected chi connectivity index (χ1v) is 10.9. The molecule has 1 saturated heterocycles. The SMILES string of the molecule is N#Cc1ccc(-c2cc(NC(=O)c3ccc(N4CCCS4=O)cc3)ccc2Cl)nc1. The lowest BCUT2D eigenvalue weighted by atomic mass is 10.1. The molecule has 0 bridgehead atoms. The summed E-state index contributed by atoms with van der Waals surface area (Å²) in [4.78, 5) is 16.9. The summed E-state index contributed by atoms with van der Waals surface area (Å²) in [6.07, 6.45) is 2.38. The van der Waals surface area contributed by atoms with Gasteiger partial charge in [0.25, 0.3) is 5.91 Å². The summed E-state index contributed by atoms with van der Waals surface area (Å²) in [5, 5.41) is 12.3. The molecule has 6 nitrogen and oxygen atoms in total. The van der Waals surface area contributed by atoms with E-state index < -0.39 is 11.0 Å². The van der Waals surface area contributed by atoms with Crippen LogP contribution in [0.4, 0.5) is 11.4 Å². The first-order chi connectivity index (χ1) is 14.5. The van der Waals surface area contributed by atoms with Crippen molar-refractivity contribution in [2.45, 2.75) is 6.42 Å². The normalized spacial score (nSPS) is 15.6. The minimum Gasteiger partial charge on any atom is -0.322 e. The average molecular weight is 437 g/mol. The van der Waals surface area contributed by atoms with Gasteiger partial charge in [0.1, 0.15) is 17.1 Å². The second kappa shape index (κ2) is 8.66. The summed E-state index contributed by atoms with van der Waals surface area (Å²) in [6, 6.07) is 17.6. The Morgan fingerprint density at radius 1 is 1.17 bits per heavy atom. The van der Waals surface area contributed by atoms with Gasteiger partial charge >= 0.3 is 0 Å². The Hall–Kier alpha value is -3.21. The molecule has 1 unspecified atom stereocenters. The minimum atomic E-state index is -0.989. The summed E-state index contributed by atoms with van der Waals surface area (Å²) in [6.45, 7) is 0.759.